The Hall–Kier alpha value is -0.320. The van der Waals surface area contributed by atoms with Crippen molar-refractivity contribution in [3.63, 3.8) is 0 Å². The van der Waals surface area contributed by atoms with E-state index in [1.165, 1.54) is 12.1 Å². The van der Waals surface area contributed by atoms with E-state index in [4.69, 9.17) is 23.2 Å². The maximum absolute atomic E-state index is 12.6. The number of halogens is 3. The molecular weight excluding hydrogens is 238 g/mol. The van der Waals surface area contributed by atoms with Crippen molar-refractivity contribution in [2.45, 2.75) is 11.8 Å². The maximum atomic E-state index is 12.6. The fourth-order valence-electron chi connectivity index (χ4n) is 0.920. The average molecular weight is 243 g/mol. The Morgan fingerprint density at radius 1 is 1.23 bits per heavy atom. The third-order valence-electron chi connectivity index (χ3n) is 1.39. The summed E-state index contributed by atoms with van der Waals surface area (Å²) in [6, 6.07) is 2.67. The number of hydrogen-bond donors (Lipinski definition) is 0. The van der Waals surface area contributed by atoms with Crippen LogP contribution < -0.4 is 0 Å². The van der Waals surface area contributed by atoms with Crippen molar-refractivity contribution >= 4 is 33.4 Å². The standard InChI is InChI=1S/C7H5Cl2FO2S/c1-4-2-5(8)7(6(9)3-4)13(10,11)12/h2-3H,1H3. The number of benzene rings is 1. The summed E-state index contributed by atoms with van der Waals surface area (Å²) in [7, 11) is -4.84. The van der Waals surface area contributed by atoms with Gasteiger partial charge < -0.3 is 0 Å². The molecule has 0 fully saturated rings. The number of rotatable bonds is 1. The lowest BCUT2D eigenvalue weighted by molar-refractivity contribution is 0.552. The molecule has 0 saturated carbocycles. The van der Waals surface area contributed by atoms with Crippen molar-refractivity contribution in [1.29, 1.82) is 0 Å². The second kappa shape index (κ2) is 3.44. The molecule has 13 heavy (non-hydrogen) atoms. The zero-order chi connectivity index (χ0) is 10.2. The quantitative estimate of drug-likeness (QED) is 0.710. The Labute approximate surface area is 85.5 Å². The Balaban J connectivity index is 3.57. The van der Waals surface area contributed by atoms with Gasteiger partial charge in [-0.15, -0.1) is 3.89 Å². The molecule has 72 valence electrons. The molecule has 0 unspecified atom stereocenters. The van der Waals surface area contributed by atoms with Crippen LogP contribution in [0.1, 0.15) is 5.56 Å². The highest BCUT2D eigenvalue weighted by Crippen LogP contribution is 2.31. The van der Waals surface area contributed by atoms with Crippen molar-refractivity contribution in [3.8, 4) is 0 Å². The molecule has 2 nitrogen and oxygen atoms in total. The van der Waals surface area contributed by atoms with Crippen molar-refractivity contribution < 1.29 is 12.3 Å². The van der Waals surface area contributed by atoms with Gasteiger partial charge in [0.25, 0.3) is 0 Å². The van der Waals surface area contributed by atoms with Crippen LogP contribution in [0.2, 0.25) is 10.0 Å². The summed E-state index contributed by atoms with van der Waals surface area (Å²) in [5, 5.41) is -0.403. The van der Waals surface area contributed by atoms with Crippen LogP contribution in [-0.4, -0.2) is 8.42 Å². The van der Waals surface area contributed by atoms with E-state index in [0.717, 1.165) is 0 Å². The predicted octanol–water partition coefficient (Wildman–Crippen LogP) is 2.96. The first-order valence-electron chi connectivity index (χ1n) is 3.22. The van der Waals surface area contributed by atoms with E-state index in [1.54, 1.807) is 6.92 Å². The van der Waals surface area contributed by atoms with Crippen LogP contribution in [-0.2, 0) is 10.2 Å². The maximum Gasteiger partial charge on any atom is 0.335 e. The third kappa shape index (κ3) is 2.33. The van der Waals surface area contributed by atoms with Crippen LogP contribution in [0.3, 0.4) is 0 Å². The first-order valence-corrected chi connectivity index (χ1v) is 5.36. The van der Waals surface area contributed by atoms with Gasteiger partial charge in [0.2, 0.25) is 0 Å². The summed E-state index contributed by atoms with van der Waals surface area (Å²) in [5.41, 5.74) is 0.669. The average Bonchev–Trinajstić information content (AvgIpc) is 1.78. The van der Waals surface area contributed by atoms with Crippen LogP contribution >= 0.6 is 23.2 Å². The van der Waals surface area contributed by atoms with Crippen molar-refractivity contribution in [2.75, 3.05) is 0 Å². The lowest BCUT2D eigenvalue weighted by atomic mass is 10.2. The summed E-state index contributed by atoms with van der Waals surface area (Å²) in [6.07, 6.45) is 0. The molecule has 0 aliphatic carbocycles. The monoisotopic (exact) mass is 242 g/mol. The number of aryl methyl sites for hydroxylation is 1. The molecule has 1 rings (SSSR count). The van der Waals surface area contributed by atoms with E-state index in [0.29, 0.717) is 5.56 Å². The minimum Gasteiger partial charge on any atom is -0.189 e. The molecule has 0 saturated heterocycles. The molecule has 1 aromatic rings. The van der Waals surface area contributed by atoms with E-state index < -0.39 is 15.1 Å². The molecule has 0 spiro atoms. The topological polar surface area (TPSA) is 34.1 Å². The molecule has 6 heteroatoms. The van der Waals surface area contributed by atoms with E-state index in [1.807, 2.05) is 0 Å². The van der Waals surface area contributed by atoms with Gasteiger partial charge in [-0.3, -0.25) is 0 Å². The van der Waals surface area contributed by atoms with Gasteiger partial charge in [0, 0.05) is 0 Å². The zero-order valence-electron chi connectivity index (χ0n) is 6.51. The summed E-state index contributed by atoms with van der Waals surface area (Å²) >= 11 is 11.0. The molecule has 0 bridgehead atoms. The molecular formula is C7H5Cl2FO2S. The van der Waals surface area contributed by atoms with Gasteiger partial charge in [0.15, 0.2) is 0 Å². The molecule has 0 aromatic heterocycles. The molecule has 0 atom stereocenters. The summed E-state index contributed by atoms with van der Waals surface area (Å²) in [4.78, 5) is -0.665. The molecule has 0 N–H and O–H groups in total. The van der Waals surface area contributed by atoms with E-state index in [-0.39, 0.29) is 10.0 Å². The Morgan fingerprint density at radius 3 is 1.92 bits per heavy atom. The van der Waals surface area contributed by atoms with Crippen molar-refractivity contribution in [1.82, 2.24) is 0 Å². The van der Waals surface area contributed by atoms with Crippen molar-refractivity contribution in [2.24, 2.45) is 0 Å². The minimum atomic E-state index is -4.84. The summed E-state index contributed by atoms with van der Waals surface area (Å²) in [5.74, 6) is 0. The highest BCUT2D eigenvalue weighted by Gasteiger charge is 2.20. The summed E-state index contributed by atoms with van der Waals surface area (Å²) in [6.45, 7) is 1.67. The van der Waals surface area contributed by atoms with E-state index >= 15 is 0 Å². The fourth-order valence-corrected chi connectivity index (χ4v) is 2.65. The minimum absolute atomic E-state index is 0.201. The second-order valence-electron chi connectivity index (χ2n) is 2.50. The van der Waals surface area contributed by atoms with Crippen molar-refractivity contribution in [3.05, 3.63) is 27.7 Å². The Bertz CT molecular complexity index is 419. The lowest BCUT2D eigenvalue weighted by Crippen LogP contribution is -1.95. The summed E-state index contributed by atoms with van der Waals surface area (Å²) < 4.78 is 33.7. The van der Waals surface area contributed by atoms with Gasteiger partial charge in [-0.25, -0.2) is 0 Å². The van der Waals surface area contributed by atoms with Crippen LogP contribution in [0.5, 0.6) is 0 Å². The number of hydrogen-bond acceptors (Lipinski definition) is 2. The smallest absolute Gasteiger partial charge is 0.189 e. The van der Waals surface area contributed by atoms with Gasteiger partial charge in [-0.2, -0.15) is 8.42 Å². The van der Waals surface area contributed by atoms with E-state index in [9.17, 15) is 12.3 Å². The first kappa shape index (κ1) is 10.8. The third-order valence-corrected chi connectivity index (χ3v) is 3.13. The Kier molecular flexibility index (Phi) is 2.85. The molecule has 0 radical (unpaired) electrons. The molecule has 1 aromatic carbocycles. The van der Waals surface area contributed by atoms with Crippen LogP contribution in [0, 0.1) is 6.92 Å². The van der Waals surface area contributed by atoms with Crippen LogP contribution in [0.4, 0.5) is 3.89 Å². The fraction of sp³-hybridized carbons (Fsp3) is 0.143. The Morgan fingerprint density at radius 2 is 1.62 bits per heavy atom. The van der Waals surface area contributed by atoms with Gasteiger partial charge >= 0.3 is 10.2 Å². The highest BCUT2D eigenvalue weighted by atomic mass is 35.5. The van der Waals surface area contributed by atoms with Crippen LogP contribution in [0.15, 0.2) is 17.0 Å². The largest absolute Gasteiger partial charge is 0.335 e. The highest BCUT2D eigenvalue weighted by molar-refractivity contribution is 7.86. The normalized spacial score (nSPS) is 11.7. The lowest BCUT2D eigenvalue weighted by Gasteiger charge is -2.02. The van der Waals surface area contributed by atoms with E-state index in [2.05, 4.69) is 0 Å². The predicted molar refractivity (Wildman–Crippen MR) is 49.5 cm³/mol. The molecule has 0 amide bonds. The SMILES string of the molecule is Cc1cc(Cl)c(S(=O)(=O)F)c(Cl)c1. The zero-order valence-corrected chi connectivity index (χ0v) is 8.84. The first-order chi connectivity index (χ1) is 5.82. The molecule has 0 aliphatic rings. The van der Waals surface area contributed by atoms with Gasteiger partial charge in [-0.05, 0) is 24.6 Å². The molecule has 0 heterocycles. The van der Waals surface area contributed by atoms with Crippen LogP contribution in [0.25, 0.3) is 0 Å². The van der Waals surface area contributed by atoms with Gasteiger partial charge in [0.1, 0.15) is 4.90 Å². The second-order valence-corrected chi connectivity index (χ2v) is 4.59. The molecule has 0 aliphatic heterocycles. The van der Waals surface area contributed by atoms with Gasteiger partial charge in [-0.1, -0.05) is 23.2 Å². The van der Waals surface area contributed by atoms with Gasteiger partial charge in [0.05, 0.1) is 10.0 Å².